The van der Waals surface area contributed by atoms with Gasteiger partial charge in [0.2, 0.25) is 17.7 Å². The second-order valence-electron chi connectivity index (χ2n) is 6.25. The van der Waals surface area contributed by atoms with Crippen LogP contribution in [0.15, 0.2) is 18.2 Å². The van der Waals surface area contributed by atoms with Crippen molar-refractivity contribution in [1.29, 1.82) is 0 Å². The Kier molecular flexibility index (Phi) is 4.85. The minimum absolute atomic E-state index is 0.0137. The van der Waals surface area contributed by atoms with E-state index in [0.717, 1.165) is 31.7 Å². The molecular formula is C17H18ClFN2O3. The summed E-state index contributed by atoms with van der Waals surface area (Å²) in [5, 5.41) is 2.73. The second-order valence-corrected chi connectivity index (χ2v) is 6.68. The molecule has 1 heterocycles. The number of hydrogen-bond donors (Lipinski definition) is 1. The van der Waals surface area contributed by atoms with Gasteiger partial charge in [0.05, 0.1) is 17.5 Å². The molecule has 2 atom stereocenters. The Morgan fingerprint density at radius 1 is 1.21 bits per heavy atom. The highest BCUT2D eigenvalue weighted by molar-refractivity contribution is 6.30. The molecule has 0 spiro atoms. The highest BCUT2D eigenvalue weighted by Crippen LogP contribution is 2.38. The summed E-state index contributed by atoms with van der Waals surface area (Å²) in [6.45, 7) is 0.0265. The van der Waals surface area contributed by atoms with Gasteiger partial charge in [-0.05, 0) is 31.0 Å². The number of amides is 3. The van der Waals surface area contributed by atoms with Crippen LogP contribution in [0.2, 0.25) is 5.02 Å². The number of hydrogen-bond acceptors (Lipinski definition) is 3. The fourth-order valence-electron chi connectivity index (χ4n) is 3.47. The molecule has 1 aliphatic heterocycles. The van der Waals surface area contributed by atoms with Crippen molar-refractivity contribution < 1.29 is 18.8 Å². The third kappa shape index (κ3) is 3.29. The molecule has 3 amide bonds. The summed E-state index contributed by atoms with van der Waals surface area (Å²) < 4.78 is 13.6. The SMILES string of the molecule is O=C(CCN1C(=O)[C@H]2CCCC[C@@H]2C1=O)Nc1cc(Cl)ccc1F. The van der Waals surface area contributed by atoms with Crippen molar-refractivity contribution in [2.75, 3.05) is 11.9 Å². The Bertz CT molecular complexity index is 670. The fourth-order valence-corrected chi connectivity index (χ4v) is 3.64. The average Bonchev–Trinajstić information content (AvgIpc) is 2.81. The van der Waals surface area contributed by atoms with Crippen LogP contribution in [0.5, 0.6) is 0 Å². The minimum atomic E-state index is -0.591. The first-order valence-electron chi connectivity index (χ1n) is 8.07. The third-order valence-electron chi connectivity index (χ3n) is 4.70. The highest BCUT2D eigenvalue weighted by atomic mass is 35.5. The maximum absolute atomic E-state index is 13.6. The molecule has 0 unspecified atom stereocenters. The van der Waals surface area contributed by atoms with Gasteiger partial charge in [-0.3, -0.25) is 19.3 Å². The van der Waals surface area contributed by atoms with Crippen LogP contribution in [0.4, 0.5) is 10.1 Å². The molecule has 0 radical (unpaired) electrons. The Morgan fingerprint density at radius 3 is 2.46 bits per heavy atom. The summed E-state index contributed by atoms with van der Waals surface area (Å²) in [5.41, 5.74) is -0.0137. The topological polar surface area (TPSA) is 66.5 Å². The van der Waals surface area contributed by atoms with E-state index in [9.17, 15) is 18.8 Å². The van der Waals surface area contributed by atoms with Gasteiger partial charge in [0.15, 0.2) is 0 Å². The van der Waals surface area contributed by atoms with Crippen molar-refractivity contribution in [2.45, 2.75) is 32.1 Å². The van der Waals surface area contributed by atoms with Gasteiger partial charge in [-0.1, -0.05) is 24.4 Å². The van der Waals surface area contributed by atoms with E-state index >= 15 is 0 Å². The van der Waals surface area contributed by atoms with Crippen LogP contribution in [0.1, 0.15) is 32.1 Å². The zero-order valence-corrected chi connectivity index (χ0v) is 13.8. The van der Waals surface area contributed by atoms with Crippen molar-refractivity contribution in [3.8, 4) is 0 Å². The quantitative estimate of drug-likeness (QED) is 0.847. The van der Waals surface area contributed by atoms with E-state index in [1.54, 1.807) is 0 Å². The summed E-state index contributed by atoms with van der Waals surface area (Å²) >= 11 is 5.77. The molecule has 128 valence electrons. The summed E-state index contributed by atoms with van der Waals surface area (Å²) in [6.07, 6.45) is 3.34. The number of halogens is 2. The fraction of sp³-hybridized carbons (Fsp3) is 0.471. The first kappa shape index (κ1) is 16.9. The van der Waals surface area contributed by atoms with E-state index in [1.807, 2.05) is 0 Å². The highest BCUT2D eigenvalue weighted by Gasteiger charge is 2.47. The molecule has 24 heavy (non-hydrogen) atoms. The van der Waals surface area contributed by atoms with Crippen molar-refractivity contribution >= 4 is 35.0 Å². The van der Waals surface area contributed by atoms with E-state index in [1.165, 1.54) is 17.0 Å². The van der Waals surface area contributed by atoms with Crippen molar-refractivity contribution in [3.05, 3.63) is 29.0 Å². The summed E-state index contributed by atoms with van der Waals surface area (Å²) in [5.74, 6) is -1.85. The molecule has 5 nitrogen and oxygen atoms in total. The molecule has 1 aliphatic carbocycles. The molecule has 2 fully saturated rings. The monoisotopic (exact) mass is 352 g/mol. The second kappa shape index (κ2) is 6.89. The summed E-state index contributed by atoms with van der Waals surface area (Å²) in [4.78, 5) is 37.8. The van der Waals surface area contributed by atoms with Crippen LogP contribution in [0.3, 0.4) is 0 Å². The third-order valence-corrected chi connectivity index (χ3v) is 4.93. The first-order chi connectivity index (χ1) is 11.5. The molecular weight excluding hydrogens is 335 g/mol. The molecule has 1 N–H and O–H groups in total. The maximum Gasteiger partial charge on any atom is 0.233 e. The smallest absolute Gasteiger partial charge is 0.233 e. The van der Waals surface area contributed by atoms with Crippen molar-refractivity contribution in [1.82, 2.24) is 4.90 Å². The molecule has 0 bridgehead atoms. The van der Waals surface area contributed by atoms with Gasteiger partial charge >= 0.3 is 0 Å². The first-order valence-corrected chi connectivity index (χ1v) is 8.45. The van der Waals surface area contributed by atoms with Crippen LogP contribution in [-0.2, 0) is 14.4 Å². The minimum Gasteiger partial charge on any atom is -0.323 e. The van der Waals surface area contributed by atoms with Gasteiger partial charge in [0.1, 0.15) is 5.82 Å². The number of fused-ring (bicyclic) bond motifs is 1. The molecule has 7 heteroatoms. The zero-order chi connectivity index (χ0) is 17.3. The van der Waals surface area contributed by atoms with E-state index in [2.05, 4.69) is 5.32 Å². The molecule has 1 saturated heterocycles. The number of rotatable bonds is 4. The number of anilines is 1. The molecule has 2 aliphatic rings. The van der Waals surface area contributed by atoms with E-state index in [-0.39, 0.29) is 42.3 Å². The van der Waals surface area contributed by atoms with Crippen molar-refractivity contribution in [3.63, 3.8) is 0 Å². The lowest BCUT2D eigenvalue weighted by Crippen LogP contribution is -2.34. The Morgan fingerprint density at radius 2 is 1.83 bits per heavy atom. The Hall–Kier alpha value is -1.95. The van der Waals surface area contributed by atoms with Crippen molar-refractivity contribution in [2.24, 2.45) is 11.8 Å². The zero-order valence-electron chi connectivity index (χ0n) is 13.1. The van der Waals surface area contributed by atoms with E-state index < -0.39 is 11.7 Å². The lowest BCUT2D eigenvalue weighted by atomic mass is 9.81. The van der Waals surface area contributed by atoms with E-state index in [4.69, 9.17) is 11.6 Å². The number of carbonyl (C=O) groups is 3. The van der Waals surface area contributed by atoms with Crippen LogP contribution < -0.4 is 5.32 Å². The van der Waals surface area contributed by atoms with Gasteiger partial charge in [0.25, 0.3) is 0 Å². The lowest BCUT2D eigenvalue weighted by Gasteiger charge is -2.19. The predicted octanol–water partition coefficient (Wildman–Crippen LogP) is 2.98. The standard InChI is InChI=1S/C17H18ClFN2O3/c18-10-5-6-13(19)14(9-10)20-15(22)7-8-21-16(23)11-3-1-2-4-12(11)17(21)24/h5-6,9,11-12H,1-4,7-8H2,(H,20,22)/t11-,12-/m0/s1. The summed E-state index contributed by atoms with van der Waals surface area (Å²) in [6, 6.07) is 3.86. The molecule has 1 saturated carbocycles. The summed E-state index contributed by atoms with van der Waals surface area (Å²) in [7, 11) is 0. The molecule has 1 aromatic rings. The number of benzene rings is 1. The number of carbonyl (C=O) groups excluding carboxylic acids is 3. The lowest BCUT2D eigenvalue weighted by molar-refractivity contribution is -0.140. The normalized spacial score (nSPS) is 23.3. The predicted molar refractivity (Wildman–Crippen MR) is 86.8 cm³/mol. The maximum atomic E-state index is 13.6. The van der Waals surface area contributed by atoms with Crippen LogP contribution in [-0.4, -0.2) is 29.2 Å². The van der Waals surface area contributed by atoms with Gasteiger partial charge in [0, 0.05) is 18.0 Å². The Labute approximate surface area is 144 Å². The van der Waals surface area contributed by atoms with Gasteiger partial charge < -0.3 is 5.32 Å². The largest absolute Gasteiger partial charge is 0.323 e. The molecule has 0 aromatic heterocycles. The van der Waals surface area contributed by atoms with Gasteiger partial charge in [-0.25, -0.2) is 4.39 Å². The van der Waals surface area contributed by atoms with Gasteiger partial charge in [-0.2, -0.15) is 0 Å². The van der Waals surface area contributed by atoms with Crippen LogP contribution in [0, 0.1) is 17.7 Å². The number of likely N-dealkylation sites (tertiary alicyclic amines) is 1. The average molecular weight is 353 g/mol. The van der Waals surface area contributed by atoms with E-state index in [0.29, 0.717) is 5.02 Å². The molecule has 3 rings (SSSR count). The number of nitrogens with one attached hydrogen (secondary N) is 1. The van der Waals surface area contributed by atoms with Crippen LogP contribution >= 0.6 is 11.6 Å². The Balaban J connectivity index is 1.59. The van der Waals surface area contributed by atoms with Crippen LogP contribution in [0.25, 0.3) is 0 Å². The molecule has 1 aromatic carbocycles. The number of imide groups is 1. The van der Waals surface area contributed by atoms with Gasteiger partial charge in [-0.15, -0.1) is 0 Å². The number of nitrogens with zero attached hydrogens (tertiary/aromatic N) is 1.